The first-order chi connectivity index (χ1) is 9.10. The number of hydrogen-bond donors (Lipinski definition) is 0. The molecule has 0 saturated heterocycles. The molecule has 1 aromatic rings. The summed E-state index contributed by atoms with van der Waals surface area (Å²) < 4.78 is 0. The smallest absolute Gasteiger partial charge is 0.299 e. The molecule has 4 nitrogen and oxygen atoms in total. The minimum atomic E-state index is -0.480. The normalized spacial score (nSPS) is 13.4. The van der Waals surface area contributed by atoms with Gasteiger partial charge in [0.2, 0.25) is 0 Å². The second-order valence-corrected chi connectivity index (χ2v) is 4.52. The Hall–Kier alpha value is -2.28. The molecular formula is C15H16N2O2. The van der Waals surface area contributed by atoms with Gasteiger partial charge in [-0.15, -0.1) is 6.42 Å². The van der Waals surface area contributed by atoms with Crippen LogP contribution in [-0.2, 0) is 4.79 Å². The maximum Gasteiger partial charge on any atom is 0.299 e. The molecule has 1 aromatic carbocycles. The lowest BCUT2D eigenvalue weighted by Crippen LogP contribution is -2.25. The van der Waals surface area contributed by atoms with Crippen LogP contribution < -0.4 is 9.80 Å². The molecule has 2 rings (SSSR count). The van der Waals surface area contributed by atoms with Crippen LogP contribution in [0.15, 0.2) is 18.2 Å². The number of terminal acetylenes is 1. The van der Waals surface area contributed by atoms with E-state index in [9.17, 15) is 9.59 Å². The number of likely N-dealkylation sites (N-methyl/N-ethyl adjacent to an activating group) is 1. The first-order valence-electron chi connectivity index (χ1n) is 6.25. The standard InChI is InChI=1S/C15H16N2O2/c1-4-8-17(9-5-2)11-6-7-12-13(10-11)16(3)15(19)14(12)18/h1,6-7,10H,5,8-9H2,2-3H3. The highest BCUT2D eigenvalue weighted by atomic mass is 16.2. The molecular weight excluding hydrogens is 240 g/mol. The molecule has 0 aliphatic carbocycles. The summed E-state index contributed by atoms with van der Waals surface area (Å²) in [7, 11) is 1.61. The fourth-order valence-electron chi connectivity index (χ4n) is 2.24. The summed E-state index contributed by atoms with van der Waals surface area (Å²) >= 11 is 0. The molecule has 1 aliphatic rings. The Morgan fingerprint density at radius 1 is 1.37 bits per heavy atom. The summed E-state index contributed by atoms with van der Waals surface area (Å²) in [5, 5.41) is 0. The lowest BCUT2D eigenvalue weighted by molar-refractivity contribution is -0.114. The van der Waals surface area contributed by atoms with Crippen molar-refractivity contribution in [1.82, 2.24) is 0 Å². The molecule has 0 spiro atoms. The van der Waals surface area contributed by atoms with Gasteiger partial charge in [-0.2, -0.15) is 0 Å². The fraction of sp³-hybridized carbons (Fsp3) is 0.333. The second kappa shape index (κ2) is 5.15. The largest absolute Gasteiger partial charge is 0.360 e. The van der Waals surface area contributed by atoms with E-state index in [1.807, 2.05) is 12.1 Å². The van der Waals surface area contributed by atoms with Crippen molar-refractivity contribution >= 4 is 23.1 Å². The van der Waals surface area contributed by atoms with Crippen molar-refractivity contribution in [2.45, 2.75) is 13.3 Å². The van der Waals surface area contributed by atoms with Crippen LogP contribution >= 0.6 is 0 Å². The topological polar surface area (TPSA) is 40.6 Å². The Labute approximate surface area is 113 Å². The number of benzene rings is 1. The number of fused-ring (bicyclic) bond motifs is 1. The third kappa shape index (κ3) is 2.19. The highest BCUT2D eigenvalue weighted by molar-refractivity contribution is 6.52. The van der Waals surface area contributed by atoms with Crippen LogP contribution in [-0.4, -0.2) is 31.8 Å². The monoisotopic (exact) mass is 256 g/mol. The molecule has 1 heterocycles. The van der Waals surface area contributed by atoms with Gasteiger partial charge in [-0.05, 0) is 24.6 Å². The Bertz CT molecular complexity index is 572. The zero-order valence-corrected chi connectivity index (χ0v) is 11.1. The van der Waals surface area contributed by atoms with Crippen molar-refractivity contribution in [2.24, 2.45) is 0 Å². The van der Waals surface area contributed by atoms with E-state index in [1.165, 1.54) is 4.90 Å². The Morgan fingerprint density at radius 3 is 2.74 bits per heavy atom. The Kier molecular flexibility index (Phi) is 3.57. The van der Waals surface area contributed by atoms with Gasteiger partial charge in [0.15, 0.2) is 0 Å². The molecule has 0 bridgehead atoms. The Morgan fingerprint density at radius 2 is 2.11 bits per heavy atom. The minimum Gasteiger partial charge on any atom is -0.360 e. The zero-order valence-electron chi connectivity index (χ0n) is 11.1. The van der Waals surface area contributed by atoms with E-state index < -0.39 is 11.7 Å². The van der Waals surface area contributed by atoms with Gasteiger partial charge in [0.25, 0.3) is 11.7 Å². The molecule has 0 aromatic heterocycles. The predicted molar refractivity (Wildman–Crippen MR) is 75.5 cm³/mol. The number of amides is 1. The van der Waals surface area contributed by atoms with Crippen LogP contribution in [0, 0.1) is 12.3 Å². The number of rotatable bonds is 4. The van der Waals surface area contributed by atoms with E-state index in [1.54, 1.807) is 13.1 Å². The van der Waals surface area contributed by atoms with Gasteiger partial charge in [0.1, 0.15) is 0 Å². The van der Waals surface area contributed by atoms with Gasteiger partial charge >= 0.3 is 0 Å². The minimum absolute atomic E-state index is 0.442. The molecule has 0 fully saturated rings. The number of carbonyl (C=O) groups excluding carboxylic acids is 2. The summed E-state index contributed by atoms with van der Waals surface area (Å²) in [6.07, 6.45) is 6.35. The van der Waals surface area contributed by atoms with Crippen molar-refractivity contribution in [2.75, 3.05) is 29.9 Å². The highest BCUT2D eigenvalue weighted by Gasteiger charge is 2.33. The second-order valence-electron chi connectivity index (χ2n) is 4.52. The molecule has 0 atom stereocenters. The summed E-state index contributed by atoms with van der Waals surface area (Å²) in [4.78, 5) is 26.8. The molecule has 19 heavy (non-hydrogen) atoms. The van der Waals surface area contributed by atoms with Gasteiger partial charge in [0.05, 0.1) is 17.8 Å². The number of carbonyl (C=O) groups is 2. The number of nitrogens with zero attached hydrogens (tertiary/aromatic N) is 2. The third-order valence-electron chi connectivity index (χ3n) is 3.23. The van der Waals surface area contributed by atoms with Crippen LogP contribution in [0.1, 0.15) is 23.7 Å². The maximum atomic E-state index is 11.7. The van der Waals surface area contributed by atoms with Crippen molar-refractivity contribution in [3.63, 3.8) is 0 Å². The molecule has 0 unspecified atom stereocenters. The molecule has 0 saturated carbocycles. The highest BCUT2D eigenvalue weighted by Crippen LogP contribution is 2.31. The van der Waals surface area contributed by atoms with E-state index in [0.29, 0.717) is 17.8 Å². The number of ketones is 1. The van der Waals surface area contributed by atoms with Gasteiger partial charge in [-0.3, -0.25) is 9.59 Å². The fourth-order valence-corrected chi connectivity index (χ4v) is 2.24. The SMILES string of the molecule is C#CCN(CCC)c1ccc2c(c1)N(C)C(=O)C2=O. The molecule has 4 heteroatoms. The van der Waals surface area contributed by atoms with Crippen molar-refractivity contribution in [3.05, 3.63) is 23.8 Å². The van der Waals surface area contributed by atoms with E-state index in [2.05, 4.69) is 17.7 Å². The van der Waals surface area contributed by atoms with Crippen LogP contribution in [0.3, 0.4) is 0 Å². The van der Waals surface area contributed by atoms with E-state index in [4.69, 9.17) is 6.42 Å². The summed E-state index contributed by atoms with van der Waals surface area (Å²) in [6.45, 7) is 3.43. The summed E-state index contributed by atoms with van der Waals surface area (Å²) in [6, 6.07) is 5.40. The number of Topliss-reactive ketones (excluding diaryl/α,β-unsaturated/α-hetero) is 1. The number of anilines is 2. The average molecular weight is 256 g/mol. The molecule has 0 radical (unpaired) electrons. The summed E-state index contributed by atoms with van der Waals surface area (Å²) in [5.41, 5.74) is 2.06. The maximum absolute atomic E-state index is 11.7. The van der Waals surface area contributed by atoms with Crippen molar-refractivity contribution < 1.29 is 9.59 Å². The molecule has 98 valence electrons. The van der Waals surface area contributed by atoms with Crippen molar-refractivity contribution in [3.8, 4) is 12.3 Å². The van der Waals surface area contributed by atoms with Gasteiger partial charge in [-0.1, -0.05) is 12.8 Å². The van der Waals surface area contributed by atoms with Crippen LogP contribution in [0.5, 0.6) is 0 Å². The molecule has 1 amide bonds. The number of hydrogen-bond acceptors (Lipinski definition) is 3. The van der Waals surface area contributed by atoms with E-state index in [-0.39, 0.29) is 0 Å². The lowest BCUT2D eigenvalue weighted by Gasteiger charge is -2.23. The van der Waals surface area contributed by atoms with Gasteiger partial charge in [0, 0.05) is 19.3 Å². The van der Waals surface area contributed by atoms with E-state index >= 15 is 0 Å². The summed E-state index contributed by atoms with van der Waals surface area (Å²) in [5.74, 6) is 1.70. The predicted octanol–water partition coefficient (Wildman–Crippen LogP) is 1.70. The molecule has 1 aliphatic heterocycles. The van der Waals surface area contributed by atoms with Crippen LogP contribution in [0.2, 0.25) is 0 Å². The van der Waals surface area contributed by atoms with Crippen LogP contribution in [0.4, 0.5) is 11.4 Å². The first kappa shape index (κ1) is 13.2. The van der Waals surface area contributed by atoms with Gasteiger partial charge in [-0.25, -0.2) is 0 Å². The van der Waals surface area contributed by atoms with Crippen LogP contribution in [0.25, 0.3) is 0 Å². The Balaban J connectivity index is 2.39. The quantitative estimate of drug-likeness (QED) is 0.608. The van der Waals surface area contributed by atoms with E-state index in [0.717, 1.165) is 18.7 Å². The average Bonchev–Trinajstić information content (AvgIpc) is 2.63. The lowest BCUT2D eigenvalue weighted by atomic mass is 10.1. The molecule has 0 N–H and O–H groups in total. The third-order valence-corrected chi connectivity index (χ3v) is 3.23. The first-order valence-corrected chi connectivity index (χ1v) is 6.25. The zero-order chi connectivity index (χ0) is 14.0. The van der Waals surface area contributed by atoms with Crippen molar-refractivity contribution in [1.29, 1.82) is 0 Å². The van der Waals surface area contributed by atoms with Gasteiger partial charge < -0.3 is 9.80 Å².